The molecule has 0 radical (unpaired) electrons. The highest BCUT2D eigenvalue weighted by Crippen LogP contribution is 2.37. The van der Waals surface area contributed by atoms with Crippen molar-refractivity contribution in [2.24, 2.45) is 5.73 Å². The summed E-state index contributed by atoms with van der Waals surface area (Å²) in [7, 11) is 0. The monoisotopic (exact) mass is 367 g/mol. The third kappa shape index (κ3) is 3.42. The zero-order chi connectivity index (χ0) is 19.0. The maximum Gasteiger partial charge on any atom is 0.187 e. The van der Waals surface area contributed by atoms with Gasteiger partial charge in [0.05, 0.1) is 18.0 Å². The lowest BCUT2D eigenvalue weighted by Crippen LogP contribution is -2.36. The molecule has 1 aliphatic carbocycles. The number of halogens is 1. The van der Waals surface area contributed by atoms with E-state index >= 15 is 0 Å². The summed E-state index contributed by atoms with van der Waals surface area (Å²) in [6.45, 7) is 3.91. The van der Waals surface area contributed by atoms with Crippen molar-refractivity contribution in [3.05, 3.63) is 54.2 Å². The van der Waals surface area contributed by atoms with Crippen LogP contribution in [0.5, 0.6) is 5.75 Å². The van der Waals surface area contributed by atoms with Crippen LogP contribution in [-0.4, -0.2) is 31.9 Å². The van der Waals surface area contributed by atoms with Crippen molar-refractivity contribution < 1.29 is 9.13 Å². The lowest BCUT2D eigenvalue weighted by atomic mass is 9.80. The molecular formula is C20H22FN5O. The summed E-state index contributed by atoms with van der Waals surface area (Å²) in [4.78, 5) is 4.45. The number of para-hydroxylation sites is 1. The van der Waals surface area contributed by atoms with E-state index in [1.807, 2.05) is 26.0 Å². The molecule has 2 N–H and O–H groups in total. The number of benzene rings is 1. The topological polar surface area (TPSA) is 78.9 Å². The highest BCUT2D eigenvalue weighted by Gasteiger charge is 2.33. The predicted octanol–water partition coefficient (Wildman–Crippen LogP) is 3.46. The van der Waals surface area contributed by atoms with E-state index in [0.29, 0.717) is 23.0 Å². The van der Waals surface area contributed by atoms with Gasteiger partial charge in [-0.05, 0) is 51.0 Å². The van der Waals surface area contributed by atoms with Gasteiger partial charge in [-0.1, -0.05) is 12.1 Å². The Hall–Kier alpha value is -2.80. The van der Waals surface area contributed by atoms with Crippen LogP contribution in [0.1, 0.15) is 38.4 Å². The van der Waals surface area contributed by atoms with Crippen LogP contribution >= 0.6 is 0 Å². The van der Waals surface area contributed by atoms with Crippen LogP contribution in [0, 0.1) is 5.82 Å². The average Bonchev–Trinajstić information content (AvgIpc) is 3.04. The first-order chi connectivity index (χ1) is 13.0. The molecule has 2 aromatic heterocycles. The van der Waals surface area contributed by atoms with Crippen LogP contribution in [0.25, 0.3) is 17.2 Å². The second kappa shape index (κ2) is 7.08. The zero-order valence-corrected chi connectivity index (χ0v) is 15.3. The number of hydrogen-bond acceptors (Lipinski definition) is 5. The van der Waals surface area contributed by atoms with E-state index in [2.05, 4.69) is 15.2 Å². The SMILES string of the molecule is CC(C)Oc1ccc(-c2nnc([C@H]3C[C@H](N)C3)n2-c2ccccc2F)nc1. The van der Waals surface area contributed by atoms with Crippen molar-refractivity contribution in [3.63, 3.8) is 0 Å². The van der Waals surface area contributed by atoms with E-state index in [4.69, 9.17) is 10.5 Å². The lowest BCUT2D eigenvalue weighted by Gasteiger charge is -2.31. The molecule has 1 saturated carbocycles. The maximum absolute atomic E-state index is 14.6. The van der Waals surface area contributed by atoms with E-state index in [9.17, 15) is 4.39 Å². The number of pyridine rings is 1. The standard InChI is InChI=1S/C20H22FN5O/c1-12(2)27-15-7-8-17(23-11-15)20-25-24-19(13-9-14(22)10-13)26(20)18-6-4-3-5-16(18)21/h3-8,11-14H,9-10,22H2,1-2H3/t13-,14-. The molecule has 0 unspecified atom stereocenters. The van der Waals surface area contributed by atoms with Crippen LogP contribution in [0.15, 0.2) is 42.6 Å². The molecule has 6 nitrogen and oxygen atoms in total. The maximum atomic E-state index is 14.6. The van der Waals surface area contributed by atoms with Crippen molar-refractivity contribution in [3.8, 4) is 23.0 Å². The number of nitrogens with two attached hydrogens (primary N) is 1. The molecule has 4 rings (SSSR count). The number of ether oxygens (including phenoxy) is 1. The Balaban J connectivity index is 1.78. The summed E-state index contributed by atoms with van der Waals surface area (Å²) in [5.41, 5.74) is 6.96. The molecule has 0 aliphatic heterocycles. The van der Waals surface area contributed by atoms with E-state index in [1.54, 1.807) is 29.0 Å². The second-order valence-corrected chi connectivity index (χ2v) is 7.14. The summed E-state index contributed by atoms with van der Waals surface area (Å²) in [6.07, 6.45) is 3.35. The molecule has 1 aliphatic rings. The molecule has 1 aromatic carbocycles. The van der Waals surface area contributed by atoms with Gasteiger partial charge in [-0.15, -0.1) is 10.2 Å². The van der Waals surface area contributed by atoms with Gasteiger partial charge < -0.3 is 10.5 Å². The first-order valence-corrected chi connectivity index (χ1v) is 9.12. The minimum absolute atomic E-state index is 0.0640. The number of rotatable bonds is 5. The first kappa shape index (κ1) is 17.6. The van der Waals surface area contributed by atoms with E-state index in [0.717, 1.165) is 18.7 Å². The smallest absolute Gasteiger partial charge is 0.187 e. The van der Waals surface area contributed by atoms with Crippen LogP contribution in [0.2, 0.25) is 0 Å². The number of hydrogen-bond donors (Lipinski definition) is 1. The fraction of sp³-hybridized carbons (Fsp3) is 0.350. The van der Waals surface area contributed by atoms with Crippen LogP contribution in [-0.2, 0) is 0 Å². The van der Waals surface area contributed by atoms with Gasteiger partial charge in [0.1, 0.15) is 23.1 Å². The van der Waals surface area contributed by atoms with E-state index < -0.39 is 0 Å². The molecule has 0 amide bonds. The summed E-state index contributed by atoms with van der Waals surface area (Å²) < 4.78 is 22.0. The molecule has 2 heterocycles. The molecule has 0 bridgehead atoms. The third-order valence-electron chi connectivity index (χ3n) is 4.66. The molecule has 140 valence electrons. The van der Waals surface area contributed by atoms with E-state index in [1.165, 1.54) is 6.07 Å². The lowest BCUT2D eigenvalue weighted by molar-refractivity contribution is 0.241. The van der Waals surface area contributed by atoms with Gasteiger partial charge in [-0.25, -0.2) is 9.37 Å². The second-order valence-electron chi connectivity index (χ2n) is 7.14. The Morgan fingerprint density at radius 2 is 1.93 bits per heavy atom. The Morgan fingerprint density at radius 1 is 1.15 bits per heavy atom. The van der Waals surface area contributed by atoms with Crippen LogP contribution in [0.4, 0.5) is 4.39 Å². The predicted molar refractivity (Wildman–Crippen MR) is 100 cm³/mol. The molecule has 1 fully saturated rings. The average molecular weight is 367 g/mol. The van der Waals surface area contributed by atoms with E-state index in [-0.39, 0.29) is 23.9 Å². The quantitative estimate of drug-likeness (QED) is 0.747. The van der Waals surface area contributed by atoms with Gasteiger partial charge in [0.25, 0.3) is 0 Å². The van der Waals surface area contributed by atoms with Gasteiger partial charge in [-0.2, -0.15) is 0 Å². The van der Waals surface area contributed by atoms with Crippen LogP contribution in [0.3, 0.4) is 0 Å². The summed E-state index contributed by atoms with van der Waals surface area (Å²) in [5.74, 6) is 1.75. The molecule has 0 atom stereocenters. The van der Waals surface area contributed by atoms with Gasteiger partial charge in [0.15, 0.2) is 5.82 Å². The minimum Gasteiger partial charge on any atom is -0.489 e. The van der Waals surface area contributed by atoms with Crippen molar-refractivity contribution in [1.82, 2.24) is 19.7 Å². The van der Waals surface area contributed by atoms with Crippen molar-refractivity contribution >= 4 is 0 Å². The highest BCUT2D eigenvalue weighted by atomic mass is 19.1. The van der Waals surface area contributed by atoms with Gasteiger partial charge in [0, 0.05) is 12.0 Å². The summed E-state index contributed by atoms with van der Waals surface area (Å²) in [6, 6.07) is 10.4. The van der Waals surface area contributed by atoms with Crippen molar-refractivity contribution in [2.75, 3.05) is 0 Å². The van der Waals surface area contributed by atoms with Crippen molar-refractivity contribution in [1.29, 1.82) is 0 Å². The normalized spacial score (nSPS) is 19.1. The minimum atomic E-state index is -0.330. The highest BCUT2D eigenvalue weighted by molar-refractivity contribution is 5.55. The largest absolute Gasteiger partial charge is 0.489 e. The van der Waals surface area contributed by atoms with Gasteiger partial charge >= 0.3 is 0 Å². The molecule has 7 heteroatoms. The molecular weight excluding hydrogens is 345 g/mol. The Labute approximate surface area is 157 Å². The number of nitrogens with zero attached hydrogens (tertiary/aromatic N) is 4. The Morgan fingerprint density at radius 3 is 2.56 bits per heavy atom. The van der Waals surface area contributed by atoms with Gasteiger partial charge in [-0.3, -0.25) is 4.57 Å². The van der Waals surface area contributed by atoms with Crippen LogP contribution < -0.4 is 10.5 Å². The number of aromatic nitrogens is 4. The molecule has 3 aromatic rings. The fourth-order valence-corrected chi connectivity index (χ4v) is 3.32. The van der Waals surface area contributed by atoms with Crippen molar-refractivity contribution in [2.45, 2.75) is 44.8 Å². The summed E-state index contributed by atoms with van der Waals surface area (Å²) >= 11 is 0. The molecule has 0 spiro atoms. The molecule has 27 heavy (non-hydrogen) atoms. The Kier molecular flexibility index (Phi) is 4.61. The van der Waals surface area contributed by atoms with Gasteiger partial charge in [0.2, 0.25) is 0 Å². The molecule has 0 saturated heterocycles. The Bertz CT molecular complexity index is 932. The third-order valence-corrected chi connectivity index (χ3v) is 4.66. The zero-order valence-electron chi connectivity index (χ0n) is 15.3. The fourth-order valence-electron chi connectivity index (χ4n) is 3.32. The summed E-state index contributed by atoms with van der Waals surface area (Å²) in [5, 5.41) is 8.68. The first-order valence-electron chi connectivity index (χ1n) is 9.12.